The van der Waals surface area contributed by atoms with Crippen LogP contribution in [-0.2, 0) is 23.0 Å². The summed E-state index contributed by atoms with van der Waals surface area (Å²) in [7, 11) is -0.490. The number of nitrogens with one attached hydrogen (secondary N) is 1. The molecule has 4 rings (SSSR count). The smallest absolute Gasteiger partial charge is 0.261 e. The van der Waals surface area contributed by atoms with Gasteiger partial charge in [-0.25, -0.2) is 8.42 Å². The molecular weight excluding hydrogens is 428 g/mol. The first-order valence-corrected chi connectivity index (χ1v) is 11.6. The number of amides is 1. The molecule has 0 saturated heterocycles. The van der Waals surface area contributed by atoms with Crippen molar-refractivity contribution < 1.29 is 22.7 Å². The maximum absolute atomic E-state index is 13.0. The van der Waals surface area contributed by atoms with Gasteiger partial charge in [0.1, 0.15) is 0 Å². The number of benzene rings is 3. The third kappa shape index (κ3) is 4.40. The molecule has 32 heavy (non-hydrogen) atoms. The van der Waals surface area contributed by atoms with Gasteiger partial charge in [-0.15, -0.1) is 0 Å². The molecule has 1 amide bonds. The molecule has 0 aliphatic carbocycles. The van der Waals surface area contributed by atoms with Crippen LogP contribution in [0.2, 0.25) is 0 Å². The lowest BCUT2D eigenvalue weighted by molar-refractivity contribution is 0.0734. The Bertz CT molecular complexity index is 1230. The molecule has 0 bridgehead atoms. The second-order valence-electron chi connectivity index (χ2n) is 7.45. The lowest BCUT2D eigenvalue weighted by atomic mass is 9.98. The first-order chi connectivity index (χ1) is 15.4. The number of anilines is 1. The number of hydrogen-bond acceptors (Lipinski definition) is 5. The quantitative estimate of drug-likeness (QED) is 0.616. The normalized spacial score (nSPS) is 13.2. The number of methoxy groups -OCH3 is 2. The van der Waals surface area contributed by atoms with E-state index in [2.05, 4.69) is 4.72 Å². The molecule has 166 valence electrons. The molecule has 0 atom stereocenters. The average molecular weight is 453 g/mol. The van der Waals surface area contributed by atoms with Gasteiger partial charge in [-0.05, 0) is 66.1 Å². The van der Waals surface area contributed by atoms with Crippen LogP contribution in [0.15, 0.2) is 71.6 Å². The Labute approximate surface area is 187 Å². The van der Waals surface area contributed by atoms with E-state index in [1.807, 2.05) is 12.1 Å². The van der Waals surface area contributed by atoms with Gasteiger partial charge in [-0.1, -0.05) is 18.2 Å². The molecule has 0 radical (unpaired) electrons. The third-order valence-electron chi connectivity index (χ3n) is 5.44. The molecule has 3 aromatic carbocycles. The Hall–Kier alpha value is -3.52. The van der Waals surface area contributed by atoms with Crippen LogP contribution in [0.4, 0.5) is 5.69 Å². The van der Waals surface area contributed by atoms with Gasteiger partial charge in [-0.2, -0.15) is 0 Å². The molecule has 1 aliphatic rings. The number of rotatable bonds is 6. The molecule has 1 N–H and O–H groups in total. The predicted molar refractivity (Wildman–Crippen MR) is 122 cm³/mol. The van der Waals surface area contributed by atoms with E-state index in [0.29, 0.717) is 35.8 Å². The van der Waals surface area contributed by atoms with Crippen molar-refractivity contribution in [1.82, 2.24) is 4.90 Å². The van der Waals surface area contributed by atoms with E-state index in [1.165, 1.54) is 12.1 Å². The van der Waals surface area contributed by atoms with Crippen LogP contribution in [-0.4, -0.2) is 40.0 Å². The van der Waals surface area contributed by atoms with Gasteiger partial charge in [0.25, 0.3) is 15.9 Å². The highest BCUT2D eigenvalue weighted by molar-refractivity contribution is 7.92. The molecule has 7 nitrogen and oxygen atoms in total. The number of sulfonamides is 1. The number of carbonyl (C=O) groups is 1. The van der Waals surface area contributed by atoms with Crippen LogP contribution in [0.3, 0.4) is 0 Å². The summed E-state index contributed by atoms with van der Waals surface area (Å²) in [4.78, 5) is 15.0. The molecule has 3 aromatic rings. The van der Waals surface area contributed by atoms with Crippen molar-refractivity contribution in [3.8, 4) is 11.5 Å². The van der Waals surface area contributed by atoms with Gasteiger partial charge in [-0.3, -0.25) is 9.52 Å². The van der Waals surface area contributed by atoms with Gasteiger partial charge in [0.15, 0.2) is 11.5 Å². The summed E-state index contributed by atoms with van der Waals surface area (Å²) >= 11 is 0. The summed E-state index contributed by atoms with van der Waals surface area (Å²) in [5, 5.41) is 0. The van der Waals surface area contributed by atoms with E-state index >= 15 is 0 Å². The minimum atomic E-state index is -3.68. The molecule has 1 heterocycles. The summed E-state index contributed by atoms with van der Waals surface area (Å²) in [6, 6.07) is 18.5. The zero-order valence-corrected chi connectivity index (χ0v) is 18.7. The first kappa shape index (κ1) is 21.7. The van der Waals surface area contributed by atoms with E-state index in [1.54, 1.807) is 61.6 Å². The van der Waals surface area contributed by atoms with E-state index < -0.39 is 10.0 Å². The average Bonchev–Trinajstić information content (AvgIpc) is 2.83. The molecule has 0 unspecified atom stereocenters. The van der Waals surface area contributed by atoms with Crippen molar-refractivity contribution in [3.05, 3.63) is 83.4 Å². The van der Waals surface area contributed by atoms with E-state index in [4.69, 9.17) is 9.47 Å². The highest BCUT2D eigenvalue weighted by Gasteiger charge is 2.24. The number of hydrogen-bond donors (Lipinski definition) is 1. The van der Waals surface area contributed by atoms with Crippen LogP contribution in [0, 0.1) is 0 Å². The maximum atomic E-state index is 13.0. The van der Waals surface area contributed by atoms with Crippen molar-refractivity contribution in [2.75, 3.05) is 25.5 Å². The summed E-state index contributed by atoms with van der Waals surface area (Å²) in [6.07, 6.45) is 0.719. The van der Waals surface area contributed by atoms with Gasteiger partial charge in [0.2, 0.25) is 0 Å². The second-order valence-corrected chi connectivity index (χ2v) is 9.13. The summed E-state index contributed by atoms with van der Waals surface area (Å²) < 4.78 is 38.2. The minimum absolute atomic E-state index is 0.108. The van der Waals surface area contributed by atoms with E-state index in [-0.39, 0.29) is 10.8 Å². The molecule has 0 saturated carbocycles. The largest absolute Gasteiger partial charge is 0.493 e. The number of nitrogens with zero attached hydrogens (tertiary/aromatic N) is 1. The topological polar surface area (TPSA) is 84.9 Å². The Balaban J connectivity index is 1.48. The highest BCUT2D eigenvalue weighted by Crippen LogP contribution is 2.33. The van der Waals surface area contributed by atoms with Crippen LogP contribution in [0.25, 0.3) is 0 Å². The fraction of sp³-hybridized carbons (Fsp3) is 0.208. The fourth-order valence-corrected chi connectivity index (χ4v) is 4.81. The Kier molecular flexibility index (Phi) is 6.05. The van der Waals surface area contributed by atoms with Crippen molar-refractivity contribution in [2.24, 2.45) is 0 Å². The molecule has 0 fully saturated rings. The summed E-state index contributed by atoms with van der Waals surface area (Å²) in [5.41, 5.74) is 3.05. The number of fused-ring (bicyclic) bond motifs is 1. The van der Waals surface area contributed by atoms with Crippen molar-refractivity contribution in [1.29, 1.82) is 0 Å². The zero-order valence-electron chi connectivity index (χ0n) is 17.9. The van der Waals surface area contributed by atoms with Gasteiger partial charge in [0, 0.05) is 24.3 Å². The lowest BCUT2D eigenvalue weighted by Crippen LogP contribution is -2.36. The Morgan fingerprint density at radius 3 is 2.16 bits per heavy atom. The minimum Gasteiger partial charge on any atom is -0.493 e. The maximum Gasteiger partial charge on any atom is 0.261 e. The van der Waals surface area contributed by atoms with Crippen molar-refractivity contribution in [2.45, 2.75) is 17.9 Å². The molecular formula is C24H24N2O5S. The van der Waals surface area contributed by atoms with Gasteiger partial charge >= 0.3 is 0 Å². The molecule has 0 spiro atoms. The Morgan fingerprint density at radius 2 is 1.53 bits per heavy atom. The number of ether oxygens (including phenoxy) is 2. The fourth-order valence-electron chi connectivity index (χ4n) is 3.73. The van der Waals surface area contributed by atoms with Crippen LogP contribution in [0.1, 0.15) is 21.5 Å². The van der Waals surface area contributed by atoms with Gasteiger partial charge < -0.3 is 14.4 Å². The molecule has 8 heteroatoms. The first-order valence-electron chi connectivity index (χ1n) is 10.1. The summed E-state index contributed by atoms with van der Waals surface area (Å²) in [5.74, 6) is 1.21. The van der Waals surface area contributed by atoms with Crippen molar-refractivity contribution in [3.63, 3.8) is 0 Å². The zero-order chi connectivity index (χ0) is 22.7. The monoisotopic (exact) mass is 452 g/mol. The highest BCUT2D eigenvalue weighted by atomic mass is 32.2. The summed E-state index contributed by atoms with van der Waals surface area (Å²) in [6.45, 7) is 1.06. The molecule has 0 aromatic heterocycles. The lowest BCUT2D eigenvalue weighted by Gasteiger charge is -2.29. The Morgan fingerprint density at radius 1 is 0.906 bits per heavy atom. The molecule has 1 aliphatic heterocycles. The van der Waals surface area contributed by atoms with E-state index in [9.17, 15) is 13.2 Å². The van der Waals surface area contributed by atoms with Crippen molar-refractivity contribution >= 4 is 21.6 Å². The van der Waals surface area contributed by atoms with Crippen LogP contribution >= 0.6 is 0 Å². The van der Waals surface area contributed by atoms with Crippen LogP contribution < -0.4 is 14.2 Å². The third-order valence-corrected chi connectivity index (χ3v) is 6.84. The second kappa shape index (κ2) is 8.92. The van der Waals surface area contributed by atoms with E-state index in [0.717, 1.165) is 17.5 Å². The van der Waals surface area contributed by atoms with Gasteiger partial charge in [0.05, 0.1) is 19.1 Å². The SMILES string of the molecule is COc1cc2c(cc1OC)CN(C(=O)c1ccc(NS(=O)(=O)c3ccccc3)cc1)CC2. The number of carbonyl (C=O) groups excluding carboxylic acids is 1. The van der Waals surface area contributed by atoms with Crippen LogP contribution in [0.5, 0.6) is 11.5 Å². The predicted octanol–water partition coefficient (Wildman–Crippen LogP) is 3.70. The standard InChI is InChI=1S/C24H24N2O5S/c1-30-22-14-18-12-13-26(16-19(18)15-23(22)31-2)24(27)17-8-10-20(11-9-17)25-32(28,29)21-6-4-3-5-7-21/h3-11,14-15,25H,12-13,16H2,1-2H3.